The van der Waals surface area contributed by atoms with Gasteiger partial charge in [-0.2, -0.15) is 0 Å². The van der Waals surface area contributed by atoms with E-state index in [1.807, 2.05) is 36.5 Å². The molecule has 1 aromatic heterocycles. The summed E-state index contributed by atoms with van der Waals surface area (Å²) in [6.07, 6.45) is 2.64. The fraction of sp³-hybridized carbons (Fsp3) is 0.150. The predicted molar refractivity (Wildman–Crippen MR) is 94.4 cm³/mol. The van der Waals surface area contributed by atoms with Crippen LogP contribution >= 0.6 is 0 Å². The van der Waals surface area contributed by atoms with Crippen LogP contribution in [0.4, 0.5) is 10.2 Å². The molecular formula is C20H17FN2O2. The van der Waals surface area contributed by atoms with Crippen LogP contribution in [0.5, 0.6) is 11.5 Å². The number of ether oxygens (including phenoxy) is 2. The van der Waals surface area contributed by atoms with Crippen LogP contribution in [0.3, 0.4) is 0 Å². The Morgan fingerprint density at radius 3 is 2.52 bits per heavy atom. The quantitative estimate of drug-likeness (QED) is 0.755. The Morgan fingerprint density at radius 2 is 1.72 bits per heavy atom. The minimum Gasteiger partial charge on any atom is -0.454 e. The molecule has 1 aliphatic rings. The second-order valence-electron chi connectivity index (χ2n) is 5.80. The molecular weight excluding hydrogens is 319 g/mol. The molecule has 0 saturated carbocycles. The fourth-order valence-electron chi connectivity index (χ4n) is 2.73. The zero-order chi connectivity index (χ0) is 17.1. The van der Waals surface area contributed by atoms with E-state index < -0.39 is 0 Å². The summed E-state index contributed by atoms with van der Waals surface area (Å²) in [5.74, 6) is 2.14. The lowest BCUT2D eigenvalue weighted by molar-refractivity contribution is 0.174. The second kappa shape index (κ2) is 6.81. The first kappa shape index (κ1) is 15.4. The van der Waals surface area contributed by atoms with Crippen LogP contribution in [-0.4, -0.2) is 18.3 Å². The number of aromatic nitrogens is 1. The number of pyridine rings is 1. The normalized spacial score (nSPS) is 12.2. The van der Waals surface area contributed by atoms with Crippen molar-refractivity contribution in [2.24, 2.45) is 0 Å². The van der Waals surface area contributed by atoms with E-state index in [1.54, 1.807) is 12.1 Å². The number of hydrogen-bond acceptors (Lipinski definition) is 4. The zero-order valence-corrected chi connectivity index (χ0v) is 13.5. The van der Waals surface area contributed by atoms with E-state index in [4.69, 9.17) is 9.47 Å². The van der Waals surface area contributed by atoms with E-state index >= 15 is 0 Å². The number of benzene rings is 2. The lowest BCUT2D eigenvalue weighted by Gasteiger charge is -2.07. The summed E-state index contributed by atoms with van der Waals surface area (Å²) < 4.78 is 23.6. The highest BCUT2D eigenvalue weighted by molar-refractivity contribution is 5.67. The van der Waals surface area contributed by atoms with Crippen LogP contribution in [0.25, 0.3) is 11.1 Å². The third-order valence-corrected chi connectivity index (χ3v) is 4.10. The Morgan fingerprint density at radius 1 is 0.920 bits per heavy atom. The largest absolute Gasteiger partial charge is 0.454 e. The molecule has 1 aliphatic heterocycles. The number of nitrogens with zero attached hydrogens (tertiary/aromatic N) is 1. The van der Waals surface area contributed by atoms with Crippen LogP contribution < -0.4 is 14.8 Å². The molecule has 0 radical (unpaired) electrons. The van der Waals surface area contributed by atoms with Gasteiger partial charge in [-0.25, -0.2) is 9.37 Å². The lowest BCUT2D eigenvalue weighted by Crippen LogP contribution is -2.06. The summed E-state index contributed by atoms with van der Waals surface area (Å²) >= 11 is 0. The van der Waals surface area contributed by atoms with Gasteiger partial charge in [0.05, 0.1) is 0 Å². The minimum atomic E-state index is -0.211. The van der Waals surface area contributed by atoms with Crippen molar-refractivity contribution in [1.29, 1.82) is 0 Å². The van der Waals surface area contributed by atoms with Crippen molar-refractivity contribution in [3.05, 3.63) is 72.2 Å². The molecule has 0 spiro atoms. The van der Waals surface area contributed by atoms with Crippen molar-refractivity contribution in [1.82, 2.24) is 4.98 Å². The van der Waals surface area contributed by atoms with Gasteiger partial charge in [0.25, 0.3) is 0 Å². The second-order valence-corrected chi connectivity index (χ2v) is 5.80. The van der Waals surface area contributed by atoms with Crippen molar-refractivity contribution in [3.63, 3.8) is 0 Å². The Kier molecular flexibility index (Phi) is 4.21. The average Bonchev–Trinajstić information content (AvgIpc) is 3.12. The molecule has 0 atom stereocenters. The average molecular weight is 336 g/mol. The Bertz CT molecular complexity index is 864. The third-order valence-electron chi connectivity index (χ3n) is 4.10. The SMILES string of the molecule is Fc1ccc(CCNc2ccc(-c3ccc4c(c3)OCO4)cn2)cc1. The van der Waals surface area contributed by atoms with E-state index in [1.165, 1.54) is 12.1 Å². The lowest BCUT2D eigenvalue weighted by atomic mass is 10.1. The van der Waals surface area contributed by atoms with Crippen LogP contribution in [0.15, 0.2) is 60.8 Å². The topological polar surface area (TPSA) is 43.4 Å². The molecule has 0 fully saturated rings. The Balaban J connectivity index is 1.37. The van der Waals surface area contributed by atoms with Gasteiger partial charge in [0.1, 0.15) is 11.6 Å². The molecule has 1 N–H and O–H groups in total. The molecule has 2 aromatic carbocycles. The summed E-state index contributed by atoms with van der Waals surface area (Å²) in [5.41, 5.74) is 3.14. The molecule has 2 heterocycles. The Labute approximate surface area is 145 Å². The number of nitrogens with one attached hydrogen (secondary N) is 1. The molecule has 5 heteroatoms. The van der Waals surface area contributed by atoms with E-state index in [0.717, 1.165) is 47.0 Å². The highest BCUT2D eigenvalue weighted by Crippen LogP contribution is 2.35. The molecule has 0 unspecified atom stereocenters. The summed E-state index contributed by atoms with van der Waals surface area (Å²) in [6, 6.07) is 16.4. The summed E-state index contributed by atoms with van der Waals surface area (Å²) in [4.78, 5) is 4.45. The maximum absolute atomic E-state index is 12.9. The van der Waals surface area contributed by atoms with Gasteiger partial charge < -0.3 is 14.8 Å². The van der Waals surface area contributed by atoms with Gasteiger partial charge in [-0.3, -0.25) is 0 Å². The van der Waals surface area contributed by atoms with Crippen LogP contribution in [-0.2, 0) is 6.42 Å². The van der Waals surface area contributed by atoms with Crippen molar-refractivity contribution >= 4 is 5.82 Å². The zero-order valence-electron chi connectivity index (χ0n) is 13.5. The van der Waals surface area contributed by atoms with Crippen molar-refractivity contribution < 1.29 is 13.9 Å². The van der Waals surface area contributed by atoms with Gasteiger partial charge in [0.2, 0.25) is 6.79 Å². The molecule has 0 saturated heterocycles. The summed E-state index contributed by atoms with van der Waals surface area (Å²) in [6.45, 7) is 1.01. The standard InChI is InChI=1S/C20H17FN2O2/c21-17-5-1-14(2-6-17)9-10-22-20-8-4-16(12-23-20)15-3-7-18-19(11-15)25-13-24-18/h1-8,11-12H,9-10,13H2,(H,22,23). The number of fused-ring (bicyclic) bond motifs is 1. The summed E-state index contributed by atoms with van der Waals surface area (Å²) in [7, 11) is 0. The number of rotatable bonds is 5. The molecule has 25 heavy (non-hydrogen) atoms. The molecule has 126 valence electrons. The third kappa shape index (κ3) is 3.55. The van der Waals surface area contributed by atoms with Gasteiger partial charge in [-0.1, -0.05) is 18.2 Å². The molecule has 3 aromatic rings. The van der Waals surface area contributed by atoms with Gasteiger partial charge in [-0.05, 0) is 53.9 Å². The van der Waals surface area contributed by atoms with Crippen molar-refractivity contribution in [3.8, 4) is 22.6 Å². The molecule has 4 nitrogen and oxygen atoms in total. The van der Waals surface area contributed by atoms with Crippen LogP contribution in [0, 0.1) is 5.82 Å². The fourth-order valence-corrected chi connectivity index (χ4v) is 2.73. The Hall–Kier alpha value is -3.08. The molecule has 0 aliphatic carbocycles. The summed E-state index contributed by atoms with van der Waals surface area (Å²) in [5, 5.41) is 3.28. The van der Waals surface area contributed by atoms with Crippen molar-refractivity contribution in [2.75, 3.05) is 18.7 Å². The molecule has 0 bridgehead atoms. The first-order valence-electron chi connectivity index (χ1n) is 8.12. The maximum atomic E-state index is 12.9. The number of anilines is 1. The van der Waals surface area contributed by atoms with Crippen LogP contribution in [0.2, 0.25) is 0 Å². The van der Waals surface area contributed by atoms with E-state index in [-0.39, 0.29) is 12.6 Å². The first-order valence-corrected chi connectivity index (χ1v) is 8.12. The maximum Gasteiger partial charge on any atom is 0.231 e. The van der Waals surface area contributed by atoms with Crippen LogP contribution in [0.1, 0.15) is 5.56 Å². The highest BCUT2D eigenvalue weighted by Gasteiger charge is 2.13. The van der Waals surface area contributed by atoms with E-state index in [2.05, 4.69) is 10.3 Å². The highest BCUT2D eigenvalue weighted by atomic mass is 19.1. The smallest absolute Gasteiger partial charge is 0.231 e. The number of hydrogen-bond donors (Lipinski definition) is 1. The predicted octanol–water partition coefficient (Wildman–Crippen LogP) is 4.27. The van der Waals surface area contributed by atoms with Crippen molar-refractivity contribution in [2.45, 2.75) is 6.42 Å². The monoisotopic (exact) mass is 336 g/mol. The van der Waals surface area contributed by atoms with Gasteiger partial charge >= 0.3 is 0 Å². The first-order chi connectivity index (χ1) is 12.3. The molecule has 0 amide bonds. The minimum absolute atomic E-state index is 0.211. The van der Waals surface area contributed by atoms with Gasteiger partial charge in [0.15, 0.2) is 11.5 Å². The van der Waals surface area contributed by atoms with Gasteiger partial charge in [0, 0.05) is 18.3 Å². The molecule has 4 rings (SSSR count). The van der Waals surface area contributed by atoms with E-state index in [9.17, 15) is 4.39 Å². The number of halogens is 1. The van der Waals surface area contributed by atoms with E-state index in [0.29, 0.717) is 0 Å². The van der Waals surface area contributed by atoms with Gasteiger partial charge in [-0.15, -0.1) is 0 Å².